The summed E-state index contributed by atoms with van der Waals surface area (Å²) in [6.45, 7) is 5.74. The van der Waals surface area contributed by atoms with Crippen molar-refractivity contribution in [1.29, 1.82) is 0 Å². The van der Waals surface area contributed by atoms with Crippen LogP contribution >= 0.6 is 0 Å². The van der Waals surface area contributed by atoms with E-state index in [1.165, 1.54) is 6.26 Å². The van der Waals surface area contributed by atoms with E-state index in [2.05, 4.69) is 20.7 Å². The van der Waals surface area contributed by atoms with Crippen LogP contribution in [0.25, 0.3) is 0 Å². The minimum atomic E-state index is -3.25. The summed E-state index contributed by atoms with van der Waals surface area (Å²) in [5.74, 6) is 1.07. The molecular formula is C22H30N6O4S. The number of hydrogen-bond donors (Lipinski definition) is 2. The molecule has 3 aliphatic rings. The van der Waals surface area contributed by atoms with Crippen molar-refractivity contribution in [3.8, 4) is 0 Å². The second-order valence-electron chi connectivity index (χ2n) is 8.86. The van der Waals surface area contributed by atoms with Crippen molar-refractivity contribution in [2.45, 2.75) is 43.8 Å². The van der Waals surface area contributed by atoms with Crippen LogP contribution in [0, 0.1) is 5.92 Å². The van der Waals surface area contributed by atoms with Gasteiger partial charge in [-0.05, 0) is 43.0 Å². The molecule has 1 unspecified atom stereocenters. The van der Waals surface area contributed by atoms with Gasteiger partial charge in [0.15, 0.2) is 16.0 Å². The van der Waals surface area contributed by atoms with Gasteiger partial charge in [-0.2, -0.15) is 5.10 Å². The van der Waals surface area contributed by atoms with E-state index >= 15 is 0 Å². The number of nitrogens with zero attached hydrogens (tertiary/aromatic N) is 4. The summed E-state index contributed by atoms with van der Waals surface area (Å²) >= 11 is 0. The van der Waals surface area contributed by atoms with Crippen molar-refractivity contribution in [3.63, 3.8) is 0 Å². The number of fused-ring (bicyclic) bond motifs is 1. The first-order valence-electron chi connectivity index (χ1n) is 11.1. The predicted octanol–water partition coefficient (Wildman–Crippen LogP) is 1.91. The smallest absolute Gasteiger partial charge is 0.409 e. The van der Waals surface area contributed by atoms with Crippen LogP contribution in [0.4, 0.5) is 10.5 Å². The maximum atomic E-state index is 12.2. The summed E-state index contributed by atoms with van der Waals surface area (Å²) in [7, 11) is -3.25. The molecule has 0 saturated carbocycles. The molecule has 1 aromatic carbocycles. The van der Waals surface area contributed by atoms with Gasteiger partial charge in [0, 0.05) is 25.4 Å². The Labute approximate surface area is 194 Å². The van der Waals surface area contributed by atoms with Crippen molar-refractivity contribution in [3.05, 3.63) is 35.7 Å². The first kappa shape index (κ1) is 23.1. The summed E-state index contributed by atoms with van der Waals surface area (Å²) in [4.78, 5) is 18.7. The Morgan fingerprint density at radius 2 is 1.94 bits per heavy atom. The van der Waals surface area contributed by atoms with E-state index in [1.54, 1.807) is 46.7 Å². The number of hydrazone groups is 1. The van der Waals surface area contributed by atoms with Gasteiger partial charge < -0.3 is 20.3 Å². The molecule has 11 heteroatoms. The molecule has 4 rings (SSSR count). The number of anilines is 1. The molecule has 2 N–H and O–H groups in total. The fraction of sp³-hybridized carbons (Fsp3) is 0.500. The molecule has 1 saturated heterocycles. The number of aliphatic imine (C=N–C) groups is 1. The summed E-state index contributed by atoms with van der Waals surface area (Å²) in [5, 5.41) is 13.0. The number of sulfone groups is 1. The van der Waals surface area contributed by atoms with Gasteiger partial charge in [0.25, 0.3) is 0 Å². The average Bonchev–Trinajstić information content (AvgIpc) is 3.23. The Morgan fingerprint density at radius 1 is 1.24 bits per heavy atom. The quantitative estimate of drug-likeness (QED) is 0.647. The maximum absolute atomic E-state index is 12.2. The Bertz CT molecular complexity index is 1070. The van der Waals surface area contributed by atoms with Gasteiger partial charge in [-0.25, -0.2) is 23.2 Å². The lowest BCUT2D eigenvalue weighted by Crippen LogP contribution is -2.47. The molecule has 0 aliphatic carbocycles. The van der Waals surface area contributed by atoms with Crippen LogP contribution in [0.2, 0.25) is 0 Å². The molecule has 1 amide bonds. The van der Waals surface area contributed by atoms with Crippen LogP contribution in [0.1, 0.15) is 26.7 Å². The van der Waals surface area contributed by atoms with E-state index in [9.17, 15) is 13.2 Å². The summed E-state index contributed by atoms with van der Waals surface area (Å²) in [5.41, 5.74) is 1.68. The Morgan fingerprint density at radius 3 is 2.58 bits per heavy atom. The molecule has 0 aromatic heterocycles. The van der Waals surface area contributed by atoms with Gasteiger partial charge in [-0.15, -0.1) is 0 Å². The topological polar surface area (TPSA) is 116 Å². The van der Waals surface area contributed by atoms with E-state index < -0.39 is 9.84 Å². The number of hydrogen-bond acceptors (Lipinski definition) is 9. The Hall–Kier alpha value is -3.08. The molecule has 3 heterocycles. The zero-order valence-electron chi connectivity index (χ0n) is 19.1. The number of rotatable bonds is 6. The molecule has 178 valence electrons. The van der Waals surface area contributed by atoms with Crippen LogP contribution in [0.3, 0.4) is 0 Å². The highest BCUT2D eigenvalue weighted by atomic mass is 32.2. The maximum Gasteiger partial charge on any atom is 0.409 e. The number of piperidine rings is 1. The number of ether oxygens (including phenoxy) is 1. The first-order valence-corrected chi connectivity index (χ1v) is 13.0. The van der Waals surface area contributed by atoms with Crippen molar-refractivity contribution in [1.82, 2.24) is 15.5 Å². The van der Waals surface area contributed by atoms with Gasteiger partial charge in [-0.1, -0.05) is 13.8 Å². The summed E-state index contributed by atoms with van der Waals surface area (Å²) < 4.78 is 28.8. The van der Waals surface area contributed by atoms with E-state index in [-0.39, 0.29) is 23.2 Å². The minimum absolute atomic E-state index is 0.189. The highest BCUT2D eigenvalue weighted by Gasteiger charge is 2.32. The average molecular weight is 475 g/mol. The van der Waals surface area contributed by atoms with E-state index in [0.29, 0.717) is 25.6 Å². The Balaban J connectivity index is 1.38. The fourth-order valence-electron chi connectivity index (χ4n) is 3.90. The van der Waals surface area contributed by atoms with Crippen LogP contribution in [-0.2, 0) is 14.6 Å². The molecule has 0 radical (unpaired) electrons. The van der Waals surface area contributed by atoms with Crippen LogP contribution in [-0.4, -0.2) is 70.1 Å². The molecule has 0 bridgehead atoms. The van der Waals surface area contributed by atoms with E-state index in [0.717, 1.165) is 29.9 Å². The van der Waals surface area contributed by atoms with Crippen LogP contribution in [0.15, 0.2) is 50.6 Å². The zero-order valence-corrected chi connectivity index (χ0v) is 19.9. The third-order valence-electron chi connectivity index (χ3n) is 5.72. The SMILES string of the molecule is CC(C)COC(=O)N1CCC(NC2=C3C=NN(c4ccc(S(C)(=O)=O)cc4)C3NC=N2)CC1. The number of likely N-dealkylation sites (tertiary alicyclic amines) is 1. The van der Waals surface area contributed by atoms with Crippen molar-refractivity contribution < 1.29 is 17.9 Å². The highest BCUT2D eigenvalue weighted by molar-refractivity contribution is 7.90. The van der Waals surface area contributed by atoms with Crippen molar-refractivity contribution >= 4 is 34.2 Å². The van der Waals surface area contributed by atoms with Crippen LogP contribution in [0.5, 0.6) is 0 Å². The van der Waals surface area contributed by atoms with Crippen LogP contribution < -0.4 is 15.6 Å². The number of nitrogens with one attached hydrogen (secondary N) is 2. The van der Waals surface area contributed by atoms with Gasteiger partial charge >= 0.3 is 6.09 Å². The van der Waals surface area contributed by atoms with E-state index in [1.807, 2.05) is 13.8 Å². The molecule has 0 spiro atoms. The summed E-state index contributed by atoms with van der Waals surface area (Å²) in [6.07, 6.45) is 5.71. The highest BCUT2D eigenvalue weighted by Crippen LogP contribution is 2.28. The Kier molecular flexibility index (Phi) is 6.59. The van der Waals surface area contributed by atoms with Gasteiger partial charge in [0.2, 0.25) is 0 Å². The van der Waals surface area contributed by atoms with Gasteiger partial charge in [0.05, 0.1) is 35.3 Å². The lowest BCUT2D eigenvalue weighted by molar-refractivity contribution is 0.0823. The molecule has 3 aliphatic heterocycles. The standard InChI is InChI=1S/C22H30N6O4S/c1-15(2)13-32-22(29)27-10-8-16(9-11-27)26-20-19-12-25-28(21(19)24-14-23-20)17-4-6-18(7-5-17)33(3,30)31/h4-7,12,14-16,21,26H,8-11,13H2,1-3H3,(H,23,24). The first-order chi connectivity index (χ1) is 15.7. The third-order valence-corrected chi connectivity index (χ3v) is 6.85. The number of carbonyl (C=O) groups is 1. The van der Waals surface area contributed by atoms with Crippen molar-refractivity contribution in [2.24, 2.45) is 16.0 Å². The lowest BCUT2D eigenvalue weighted by Gasteiger charge is -2.33. The molecule has 33 heavy (non-hydrogen) atoms. The van der Waals surface area contributed by atoms with Gasteiger partial charge in [-0.3, -0.25) is 0 Å². The zero-order chi connectivity index (χ0) is 23.6. The third kappa shape index (κ3) is 5.29. The molecule has 10 nitrogen and oxygen atoms in total. The normalized spacial score (nSPS) is 20.8. The fourth-order valence-corrected chi connectivity index (χ4v) is 4.53. The second kappa shape index (κ2) is 9.42. The molecular weight excluding hydrogens is 444 g/mol. The van der Waals surface area contributed by atoms with E-state index in [4.69, 9.17) is 4.74 Å². The molecule has 1 aromatic rings. The van der Waals surface area contributed by atoms with Gasteiger partial charge in [0.1, 0.15) is 5.82 Å². The molecule has 1 fully saturated rings. The molecule has 1 atom stereocenters. The lowest BCUT2D eigenvalue weighted by atomic mass is 10.0. The number of carbonyl (C=O) groups excluding carboxylic acids is 1. The largest absolute Gasteiger partial charge is 0.449 e. The second-order valence-corrected chi connectivity index (χ2v) is 10.9. The minimum Gasteiger partial charge on any atom is -0.449 e. The number of benzene rings is 1. The monoisotopic (exact) mass is 474 g/mol. The number of amides is 1. The van der Waals surface area contributed by atoms with Crippen molar-refractivity contribution in [2.75, 3.05) is 31.0 Å². The summed E-state index contributed by atoms with van der Waals surface area (Å²) in [6, 6.07) is 6.83. The predicted molar refractivity (Wildman–Crippen MR) is 127 cm³/mol.